The summed E-state index contributed by atoms with van der Waals surface area (Å²) in [7, 11) is 3.32. The molecule has 2 atom stereocenters. The first-order chi connectivity index (χ1) is 10.7. The monoisotopic (exact) mass is 303 g/mol. The van der Waals surface area contributed by atoms with Gasteiger partial charge in [0.1, 0.15) is 0 Å². The van der Waals surface area contributed by atoms with Gasteiger partial charge >= 0.3 is 0 Å². The summed E-state index contributed by atoms with van der Waals surface area (Å²) in [6, 6.07) is 4.14. The number of methoxy groups -OCH3 is 2. The van der Waals surface area contributed by atoms with Gasteiger partial charge in [-0.05, 0) is 48.9 Å². The second-order valence-electron chi connectivity index (χ2n) is 6.16. The minimum Gasteiger partial charge on any atom is -0.493 e. The first kappa shape index (κ1) is 15.4. The Hall–Kier alpha value is -1.52. The Labute approximate surface area is 132 Å². The molecule has 0 amide bonds. The minimum absolute atomic E-state index is 0.304. The number of ether oxygens (including phenoxy) is 2. The Kier molecular flexibility index (Phi) is 4.15. The van der Waals surface area contributed by atoms with Gasteiger partial charge in [0.15, 0.2) is 11.5 Å². The van der Waals surface area contributed by atoms with Crippen LogP contribution in [0, 0.1) is 0 Å². The third-order valence-electron chi connectivity index (χ3n) is 5.24. The number of aliphatic hydroxyl groups is 1. The van der Waals surface area contributed by atoms with Crippen LogP contribution < -0.4 is 9.47 Å². The molecule has 3 rings (SSSR count). The molecule has 2 heterocycles. The van der Waals surface area contributed by atoms with Crippen molar-refractivity contribution in [2.75, 3.05) is 27.3 Å². The third-order valence-corrected chi connectivity index (χ3v) is 5.24. The highest BCUT2D eigenvalue weighted by atomic mass is 16.5. The molecular weight excluding hydrogens is 278 g/mol. The SMILES string of the molecule is C=CCC[C@@]12c3cc(OC)c(OC)cc3CCN1CC[C@@H]2O. The van der Waals surface area contributed by atoms with Gasteiger partial charge in [-0.1, -0.05) is 6.08 Å². The highest BCUT2D eigenvalue weighted by molar-refractivity contribution is 5.52. The number of rotatable bonds is 5. The van der Waals surface area contributed by atoms with Crippen molar-refractivity contribution < 1.29 is 14.6 Å². The molecule has 120 valence electrons. The molecule has 4 nitrogen and oxygen atoms in total. The zero-order valence-corrected chi connectivity index (χ0v) is 13.5. The van der Waals surface area contributed by atoms with Crippen LogP contribution in [0.1, 0.15) is 30.4 Å². The topological polar surface area (TPSA) is 41.9 Å². The standard InChI is InChI=1S/C18H25NO3/c1-4-5-8-18-14-12-16(22-3)15(21-2)11-13(14)6-9-19(18)10-7-17(18)20/h4,11-12,17,20H,1,5-10H2,2-3H3/t17-,18-/m0/s1. The number of hydrogen-bond donors (Lipinski definition) is 1. The average molecular weight is 303 g/mol. The van der Waals surface area contributed by atoms with Crippen LogP contribution in [0.25, 0.3) is 0 Å². The minimum atomic E-state index is -0.343. The van der Waals surface area contributed by atoms with E-state index in [9.17, 15) is 5.11 Å². The van der Waals surface area contributed by atoms with E-state index in [2.05, 4.69) is 23.6 Å². The van der Waals surface area contributed by atoms with Crippen molar-refractivity contribution in [3.05, 3.63) is 35.9 Å². The van der Waals surface area contributed by atoms with Crippen LogP contribution >= 0.6 is 0 Å². The van der Waals surface area contributed by atoms with Crippen LogP contribution in [0.15, 0.2) is 24.8 Å². The molecule has 1 aromatic carbocycles. The van der Waals surface area contributed by atoms with Gasteiger partial charge in [0.05, 0.1) is 25.9 Å². The number of fused-ring (bicyclic) bond motifs is 3. The summed E-state index contributed by atoms with van der Waals surface area (Å²) in [5.41, 5.74) is 2.16. The Bertz CT molecular complexity index is 572. The van der Waals surface area contributed by atoms with E-state index in [1.807, 2.05) is 6.08 Å². The first-order valence-corrected chi connectivity index (χ1v) is 7.96. The molecule has 0 aromatic heterocycles. The summed E-state index contributed by atoms with van der Waals surface area (Å²) >= 11 is 0. The van der Waals surface area contributed by atoms with Gasteiger partial charge in [-0.25, -0.2) is 0 Å². The fourth-order valence-corrected chi connectivity index (χ4v) is 4.16. The van der Waals surface area contributed by atoms with Crippen LogP contribution in [-0.2, 0) is 12.0 Å². The van der Waals surface area contributed by atoms with Gasteiger partial charge in [0, 0.05) is 13.1 Å². The van der Waals surface area contributed by atoms with E-state index in [0.717, 1.165) is 50.3 Å². The summed E-state index contributed by atoms with van der Waals surface area (Å²) in [4.78, 5) is 2.44. The number of allylic oxidation sites excluding steroid dienone is 1. The lowest BCUT2D eigenvalue weighted by Gasteiger charge is -2.46. The van der Waals surface area contributed by atoms with Crippen molar-refractivity contribution in [3.8, 4) is 11.5 Å². The van der Waals surface area contributed by atoms with Crippen LogP contribution in [0.2, 0.25) is 0 Å². The Morgan fingerprint density at radius 3 is 2.73 bits per heavy atom. The number of aliphatic hydroxyl groups excluding tert-OH is 1. The lowest BCUT2D eigenvalue weighted by molar-refractivity contribution is 0.0103. The van der Waals surface area contributed by atoms with E-state index in [0.29, 0.717) is 0 Å². The molecule has 0 saturated carbocycles. The molecular formula is C18H25NO3. The maximum absolute atomic E-state index is 10.8. The first-order valence-electron chi connectivity index (χ1n) is 7.96. The van der Waals surface area contributed by atoms with Crippen LogP contribution in [0.5, 0.6) is 11.5 Å². The van der Waals surface area contributed by atoms with E-state index in [1.165, 1.54) is 11.1 Å². The van der Waals surface area contributed by atoms with Crippen LogP contribution in [-0.4, -0.2) is 43.4 Å². The fraction of sp³-hybridized carbons (Fsp3) is 0.556. The Balaban J connectivity index is 2.15. The van der Waals surface area contributed by atoms with Crippen molar-refractivity contribution in [2.24, 2.45) is 0 Å². The zero-order valence-electron chi connectivity index (χ0n) is 13.5. The van der Waals surface area contributed by atoms with Crippen LogP contribution in [0.4, 0.5) is 0 Å². The second kappa shape index (κ2) is 5.94. The fourth-order valence-electron chi connectivity index (χ4n) is 4.16. The quantitative estimate of drug-likeness (QED) is 0.849. The van der Waals surface area contributed by atoms with Gasteiger partial charge in [0.2, 0.25) is 0 Å². The average Bonchev–Trinajstić information content (AvgIpc) is 2.88. The molecule has 1 saturated heterocycles. The van der Waals surface area contributed by atoms with Crippen LogP contribution in [0.3, 0.4) is 0 Å². The molecule has 0 bridgehead atoms. The van der Waals surface area contributed by atoms with E-state index >= 15 is 0 Å². The molecule has 0 unspecified atom stereocenters. The largest absolute Gasteiger partial charge is 0.493 e. The molecule has 1 aromatic rings. The molecule has 0 spiro atoms. The normalized spacial score (nSPS) is 27.1. The number of hydrogen-bond acceptors (Lipinski definition) is 4. The lowest BCUT2D eigenvalue weighted by atomic mass is 9.75. The summed E-state index contributed by atoms with van der Waals surface area (Å²) in [5.74, 6) is 1.50. The molecule has 2 aliphatic heterocycles. The summed E-state index contributed by atoms with van der Waals surface area (Å²) < 4.78 is 10.9. The van der Waals surface area contributed by atoms with E-state index in [4.69, 9.17) is 9.47 Å². The van der Waals surface area contributed by atoms with E-state index in [1.54, 1.807) is 14.2 Å². The lowest BCUT2D eigenvalue weighted by Crippen LogP contribution is -2.51. The maximum Gasteiger partial charge on any atom is 0.161 e. The molecule has 1 fully saturated rings. The number of benzene rings is 1. The Morgan fingerprint density at radius 1 is 1.32 bits per heavy atom. The molecule has 22 heavy (non-hydrogen) atoms. The van der Waals surface area contributed by atoms with E-state index < -0.39 is 0 Å². The smallest absolute Gasteiger partial charge is 0.161 e. The van der Waals surface area contributed by atoms with Gasteiger partial charge in [-0.15, -0.1) is 6.58 Å². The van der Waals surface area contributed by atoms with Crippen molar-refractivity contribution in [2.45, 2.75) is 37.3 Å². The second-order valence-corrected chi connectivity index (χ2v) is 6.16. The van der Waals surface area contributed by atoms with Gasteiger partial charge < -0.3 is 14.6 Å². The highest BCUT2D eigenvalue weighted by Crippen LogP contribution is 2.49. The van der Waals surface area contributed by atoms with Gasteiger partial charge in [-0.2, -0.15) is 0 Å². The molecule has 0 aliphatic carbocycles. The van der Waals surface area contributed by atoms with Gasteiger partial charge in [-0.3, -0.25) is 4.90 Å². The molecule has 1 N–H and O–H groups in total. The summed E-state index contributed by atoms with van der Waals surface area (Å²) in [5, 5.41) is 10.8. The van der Waals surface area contributed by atoms with Crippen molar-refractivity contribution >= 4 is 0 Å². The van der Waals surface area contributed by atoms with Gasteiger partial charge in [0.25, 0.3) is 0 Å². The van der Waals surface area contributed by atoms with Crippen molar-refractivity contribution in [3.63, 3.8) is 0 Å². The number of nitrogens with zero attached hydrogens (tertiary/aromatic N) is 1. The molecule has 0 radical (unpaired) electrons. The van der Waals surface area contributed by atoms with Crippen molar-refractivity contribution in [1.29, 1.82) is 0 Å². The summed E-state index contributed by atoms with van der Waals surface area (Å²) in [6.45, 7) is 5.79. The summed E-state index contributed by atoms with van der Waals surface area (Å²) in [6.07, 6.45) is 5.18. The molecule has 4 heteroatoms. The third kappa shape index (κ3) is 2.13. The van der Waals surface area contributed by atoms with Crippen molar-refractivity contribution in [1.82, 2.24) is 4.90 Å². The molecule has 2 aliphatic rings. The predicted molar refractivity (Wildman–Crippen MR) is 86.6 cm³/mol. The Morgan fingerprint density at radius 2 is 2.05 bits per heavy atom. The zero-order chi connectivity index (χ0) is 15.7. The highest BCUT2D eigenvalue weighted by Gasteiger charge is 2.51. The van der Waals surface area contributed by atoms with E-state index in [-0.39, 0.29) is 11.6 Å². The maximum atomic E-state index is 10.8. The predicted octanol–water partition coefficient (Wildman–Crippen LogP) is 2.49.